The van der Waals surface area contributed by atoms with Crippen molar-refractivity contribution >= 4 is 35.0 Å². The topological polar surface area (TPSA) is 43.4 Å². The third-order valence-electron chi connectivity index (χ3n) is 6.14. The summed E-state index contributed by atoms with van der Waals surface area (Å²) in [5, 5.41) is 0.477. The zero-order valence-corrected chi connectivity index (χ0v) is 14.9. The third-order valence-corrected chi connectivity index (χ3v) is 6.95. The number of esters is 1. The van der Waals surface area contributed by atoms with E-state index in [0.29, 0.717) is 22.8 Å². The van der Waals surface area contributed by atoms with Crippen molar-refractivity contribution in [3.05, 3.63) is 33.8 Å². The lowest BCUT2D eigenvalue weighted by molar-refractivity contribution is -0.147. The van der Waals surface area contributed by atoms with Crippen molar-refractivity contribution in [2.75, 3.05) is 6.61 Å². The number of Topliss-reactive ketones (excluding diaryl/α,β-unsaturated/α-hetero) is 1. The maximum atomic E-state index is 12.8. The Morgan fingerprint density at radius 2 is 1.62 bits per heavy atom. The summed E-state index contributed by atoms with van der Waals surface area (Å²) in [4.78, 5) is 25.1. The predicted molar refractivity (Wildman–Crippen MR) is 92.4 cm³/mol. The Kier molecular flexibility index (Phi) is 4.12. The summed E-state index contributed by atoms with van der Waals surface area (Å²) in [6, 6.07) is 4.82. The molecule has 24 heavy (non-hydrogen) atoms. The number of carbonyl (C=O) groups excluding carboxylic acids is 2. The molecule has 4 saturated carbocycles. The standard InChI is InChI=1S/C19H20Cl2O3/c20-15-3-1-2-14(17(15)21)18(23)24-10-16(22)19-7-11-4-12(8-19)6-13(5-11)9-19/h1-3,11-13H,4-10H2. The lowest BCUT2D eigenvalue weighted by atomic mass is 9.48. The lowest BCUT2D eigenvalue weighted by Crippen LogP contribution is -2.51. The van der Waals surface area contributed by atoms with Gasteiger partial charge in [0, 0.05) is 5.41 Å². The highest BCUT2D eigenvalue weighted by molar-refractivity contribution is 6.43. The third kappa shape index (κ3) is 2.76. The Hall–Kier alpha value is -1.06. The van der Waals surface area contributed by atoms with Gasteiger partial charge in [-0.15, -0.1) is 0 Å². The van der Waals surface area contributed by atoms with Crippen LogP contribution < -0.4 is 0 Å². The first-order chi connectivity index (χ1) is 11.5. The van der Waals surface area contributed by atoms with Crippen molar-refractivity contribution in [1.29, 1.82) is 0 Å². The summed E-state index contributed by atoms with van der Waals surface area (Å²) in [7, 11) is 0. The van der Waals surface area contributed by atoms with E-state index in [0.717, 1.165) is 19.3 Å². The van der Waals surface area contributed by atoms with Crippen molar-refractivity contribution in [1.82, 2.24) is 0 Å². The van der Waals surface area contributed by atoms with Gasteiger partial charge in [0.2, 0.25) is 0 Å². The molecule has 0 aromatic heterocycles. The van der Waals surface area contributed by atoms with Crippen molar-refractivity contribution < 1.29 is 14.3 Å². The van der Waals surface area contributed by atoms with Gasteiger partial charge in [-0.25, -0.2) is 4.79 Å². The van der Waals surface area contributed by atoms with Crippen LogP contribution in [0.5, 0.6) is 0 Å². The molecule has 0 atom stereocenters. The van der Waals surface area contributed by atoms with E-state index in [1.165, 1.54) is 19.3 Å². The molecule has 0 heterocycles. The van der Waals surface area contributed by atoms with E-state index in [2.05, 4.69) is 0 Å². The molecule has 5 rings (SSSR count). The molecule has 0 N–H and O–H groups in total. The molecule has 0 amide bonds. The first-order valence-corrected chi connectivity index (χ1v) is 9.37. The Labute approximate surface area is 151 Å². The fraction of sp³-hybridized carbons (Fsp3) is 0.579. The maximum absolute atomic E-state index is 12.8. The molecule has 4 bridgehead atoms. The van der Waals surface area contributed by atoms with Crippen LogP contribution in [0.25, 0.3) is 0 Å². The Bertz CT molecular complexity index is 663. The monoisotopic (exact) mass is 366 g/mol. The second kappa shape index (κ2) is 6.03. The summed E-state index contributed by atoms with van der Waals surface area (Å²) in [6.45, 7) is -0.159. The largest absolute Gasteiger partial charge is 0.454 e. The molecule has 4 aliphatic rings. The van der Waals surface area contributed by atoms with Gasteiger partial charge in [-0.2, -0.15) is 0 Å². The second-order valence-electron chi connectivity index (χ2n) is 7.80. The van der Waals surface area contributed by atoms with E-state index < -0.39 is 5.97 Å². The molecule has 1 aromatic carbocycles. The molecule has 0 radical (unpaired) electrons. The van der Waals surface area contributed by atoms with Crippen LogP contribution in [-0.4, -0.2) is 18.4 Å². The smallest absolute Gasteiger partial charge is 0.340 e. The molecular formula is C19H20Cl2O3. The van der Waals surface area contributed by atoms with E-state index in [1.807, 2.05) is 0 Å². The Morgan fingerprint density at radius 1 is 1.04 bits per heavy atom. The van der Waals surface area contributed by atoms with E-state index >= 15 is 0 Å². The van der Waals surface area contributed by atoms with Crippen molar-refractivity contribution in [3.8, 4) is 0 Å². The minimum Gasteiger partial charge on any atom is -0.454 e. The molecule has 1 aromatic rings. The van der Waals surface area contributed by atoms with Gasteiger partial charge in [0.05, 0.1) is 15.6 Å². The molecule has 0 spiro atoms. The highest BCUT2D eigenvalue weighted by Gasteiger charge is 2.54. The average molecular weight is 367 g/mol. The minimum atomic E-state index is -0.583. The highest BCUT2D eigenvalue weighted by Crippen LogP contribution is 2.60. The van der Waals surface area contributed by atoms with Crippen LogP contribution in [0, 0.1) is 23.2 Å². The van der Waals surface area contributed by atoms with Crippen LogP contribution in [0.4, 0.5) is 0 Å². The van der Waals surface area contributed by atoms with Crippen molar-refractivity contribution in [2.45, 2.75) is 38.5 Å². The number of hydrogen-bond donors (Lipinski definition) is 0. The second-order valence-corrected chi connectivity index (χ2v) is 8.58. The number of halogens is 2. The molecule has 4 aliphatic carbocycles. The van der Waals surface area contributed by atoms with E-state index in [9.17, 15) is 9.59 Å². The zero-order chi connectivity index (χ0) is 16.9. The van der Waals surface area contributed by atoms with Crippen LogP contribution in [0.3, 0.4) is 0 Å². The molecule has 4 fully saturated rings. The zero-order valence-electron chi connectivity index (χ0n) is 13.4. The molecule has 0 saturated heterocycles. The van der Waals surface area contributed by atoms with Gasteiger partial charge >= 0.3 is 5.97 Å². The molecular weight excluding hydrogens is 347 g/mol. The highest BCUT2D eigenvalue weighted by atomic mass is 35.5. The molecule has 3 nitrogen and oxygen atoms in total. The molecule has 5 heteroatoms. The summed E-state index contributed by atoms with van der Waals surface area (Å²) in [5.41, 5.74) is -0.0323. The van der Waals surface area contributed by atoms with Gasteiger partial charge < -0.3 is 4.74 Å². The first-order valence-electron chi connectivity index (χ1n) is 8.61. The quantitative estimate of drug-likeness (QED) is 0.709. The van der Waals surface area contributed by atoms with E-state index in [-0.39, 0.29) is 28.4 Å². The fourth-order valence-electron chi connectivity index (χ4n) is 5.48. The van der Waals surface area contributed by atoms with E-state index in [4.69, 9.17) is 27.9 Å². The first kappa shape index (κ1) is 16.4. The van der Waals surface area contributed by atoms with Gasteiger partial charge in [-0.05, 0) is 68.4 Å². The Balaban J connectivity index is 1.43. The normalized spacial score (nSPS) is 33.5. The van der Waals surface area contributed by atoms with Gasteiger partial charge in [-0.3, -0.25) is 4.79 Å². The summed E-state index contributed by atoms with van der Waals surface area (Å²) in [6.07, 6.45) is 6.78. The summed E-state index contributed by atoms with van der Waals surface area (Å²) in [5.74, 6) is 1.59. The summed E-state index contributed by atoms with van der Waals surface area (Å²) >= 11 is 12.0. The van der Waals surface area contributed by atoms with Crippen molar-refractivity contribution in [2.24, 2.45) is 23.2 Å². The van der Waals surface area contributed by atoms with Gasteiger partial charge in [0.15, 0.2) is 12.4 Å². The average Bonchev–Trinajstić information content (AvgIpc) is 2.53. The number of ketones is 1. The number of rotatable bonds is 4. The minimum absolute atomic E-state index is 0.0908. The van der Waals surface area contributed by atoms with Crippen LogP contribution in [0.1, 0.15) is 48.9 Å². The number of carbonyl (C=O) groups is 2. The summed E-state index contributed by atoms with van der Waals surface area (Å²) < 4.78 is 5.28. The molecule has 0 aliphatic heterocycles. The van der Waals surface area contributed by atoms with Gasteiger partial charge in [-0.1, -0.05) is 29.3 Å². The van der Waals surface area contributed by atoms with Crippen LogP contribution >= 0.6 is 23.2 Å². The fourth-order valence-corrected chi connectivity index (χ4v) is 5.85. The predicted octanol–water partition coefficient (Wildman–Crippen LogP) is 4.94. The van der Waals surface area contributed by atoms with Gasteiger partial charge in [0.1, 0.15) is 0 Å². The van der Waals surface area contributed by atoms with Crippen LogP contribution in [-0.2, 0) is 9.53 Å². The number of hydrogen-bond acceptors (Lipinski definition) is 3. The Morgan fingerprint density at radius 3 is 2.21 bits per heavy atom. The molecule has 0 unspecified atom stereocenters. The maximum Gasteiger partial charge on any atom is 0.340 e. The lowest BCUT2D eigenvalue weighted by Gasteiger charge is -2.55. The number of benzene rings is 1. The van der Waals surface area contributed by atoms with Crippen LogP contribution in [0.15, 0.2) is 18.2 Å². The van der Waals surface area contributed by atoms with Crippen molar-refractivity contribution in [3.63, 3.8) is 0 Å². The van der Waals surface area contributed by atoms with Crippen LogP contribution in [0.2, 0.25) is 10.0 Å². The van der Waals surface area contributed by atoms with E-state index in [1.54, 1.807) is 18.2 Å². The number of ether oxygens (including phenoxy) is 1. The molecule has 128 valence electrons. The van der Waals surface area contributed by atoms with Gasteiger partial charge in [0.25, 0.3) is 0 Å². The SMILES string of the molecule is O=C(OCC(=O)C12CC3CC(CC(C3)C1)C2)c1cccc(Cl)c1Cl.